The maximum absolute atomic E-state index is 3.96. The van der Waals surface area contributed by atoms with Crippen LogP contribution in [0.25, 0.3) is 0 Å². The Labute approximate surface area is 86.3 Å². The summed E-state index contributed by atoms with van der Waals surface area (Å²) in [6.45, 7) is 6.63. The van der Waals surface area contributed by atoms with Gasteiger partial charge in [0.15, 0.2) is 0 Å². The molecule has 3 heteroatoms. The Hall–Kier alpha value is -0.830. The van der Waals surface area contributed by atoms with Crippen molar-refractivity contribution in [3.63, 3.8) is 0 Å². The van der Waals surface area contributed by atoms with Gasteiger partial charge in [-0.25, -0.2) is 0 Å². The van der Waals surface area contributed by atoms with Crippen LogP contribution in [0.3, 0.4) is 0 Å². The Balaban J connectivity index is 2.42. The minimum atomic E-state index is 0.369. The highest BCUT2D eigenvalue weighted by molar-refractivity contribution is 5.03. The van der Waals surface area contributed by atoms with E-state index in [4.69, 9.17) is 0 Å². The van der Waals surface area contributed by atoms with E-state index in [2.05, 4.69) is 36.3 Å². The fourth-order valence-electron chi connectivity index (χ4n) is 1.70. The molecule has 0 bridgehead atoms. The van der Waals surface area contributed by atoms with Gasteiger partial charge in [-0.2, -0.15) is 5.10 Å². The molecule has 1 aromatic heterocycles. The summed E-state index contributed by atoms with van der Waals surface area (Å²) < 4.78 is 0. The van der Waals surface area contributed by atoms with E-state index in [-0.39, 0.29) is 0 Å². The lowest BCUT2D eigenvalue weighted by molar-refractivity contribution is 0.412. The summed E-state index contributed by atoms with van der Waals surface area (Å²) in [5.74, 6) is 0. The second-order valence-electron chi connectivity index (χ2n) is 3.79. The van der Waals surface area contributed by atoms with Crippen molar-refractivity contribution in [3.05, 3.63) is 18.0 Å². The van der Waals surface area contributed by atoms with Crippen LogP contribution in [0.1, 0.15) is 51.8 Å². The number of hydrogen-bond acceptors (Lipinski definition) is 2. The van der Waals surface area contributed by atoms with E-state index in [9.17, 15) is 0 Å². The molecule has 0 aliphatic rings. The van der Waals surface area contributed by atoms with Crippen molar-refractivity contribution in [2.75, 3.05) is 0 Å². The summed E-state index contributed by atoms with van der Waals surface area (Å²) in [7, 11) is 0. The molecule has 80 valence electrons. The minimum Gasteiger partial charge on any atom is -0.306 e. The molecule has 0 aromatic carbocycles. The third-order valence-corrected chi connectivity index (χ3v) is 2.60. The second kappa shape index (κ2) is 5.81. The molecule has 0 amide bonds. The predicted octanol–water partition coefficient (Wildman–Crippen LogP) is 2.64. The normalized spacial score (nSPS) is 15.4. The zero-order chi connectivity index (χ0) is 10.4. The Bertz CT molecular complexity index is 231. The Morgan fingerprint density at radius 3 is 2.79 bits per heavy atom. The number of rotatable bonds is 6. The van der Waals surface area contributed by atoms with Gasteiger partial charge in [-0.3, -0.25) is 5.10 Å². The van der Waals surface area contributed by atoms with Crippen LogP contribution < -0.4 is 5.32 Å². The first kappa shape index (κ1) is 11.2. The minimum absolute atomic E-state index is 0.369. The maximum atomic E-state index is 3.96. The lowest BCUT2D eigenvalue weighted by Gasteiger charge is -2.20. The topological polar surface area (TPSA) is 40.7 Å². The van der Waals surface area contributed by atoms with E-state index in [1.54, 1.807) is 6.20 Å². The first-order valence-electron chi connectivity index (χ1n) is 5.53. The van der Waals surface area contributed by atoms with Gasteiger partial charge in [-0.1, -0.05) is 20.3 Å². The Kier molecular flexibility index (Phi) is 4.66. The van der Waals surface area contributed by atoms with Crippen molar-refractivity contribution >= 4 is 0 Å². The Morgan fingerprint density at radius 1 is 1.50 bits per heavy atom. The molecule has 0 radical (unpaired) electrons. The van der Waals surface area contributed by atoms with Crippen molar-refractivity contribution in [3.8, 4) is 0 Å². The van der Waals surface area contributed by atoms with Gasteiger partial charge in [-0.05, 0) is 25.8 Å². The highest BCUT2D eigenvalue weighted by Gasteiger charge is 2.11. The van der Waals surface area contributed by atoms with Gasteiger partial charge < -0.3 is 5.32 Å². The molecule has 2 N–H and O–H groups in total. The van der Waals surface area contributed by atoms with Crippen molar-refractivity contribution in [2.45, 2.75) is 52.1 Å². The molecule has 1 heterocycles. The van der Waals surface area contributed by atoms with Gasteiger partial charge in [0.05, 0.1) is 5.69 Å². The molecular weight excluding hydrogens is 174 g/mol. The highest BCUT2D eigenvalue weighted by Crippen LogP contribution is 2.11. The summed E-state index contributed by atoms with van der Waals surface area (Å²) in [6.07, 6.45) is 5.47. The van der Waals surface area contributed by atoms with E-state index in [0.29, 0.717) is 12.1 Å². The van der Waals surface area contributed by atoms with Gasteiger partial charge in [0, 0.05) is 18.3 Å². The first-order chi connectivity index (χ1) is 6.77. The molecular formula is C11H21N3. The third-order valence-electron chi connectivity index (χ3n) is 2.60. The molecule has 0 aliphatic carbocycles. The van der Waals surface area contributed by atoms with Crippen LogP contribution in [0, 0.1) is 0 Å². The average Bonchev–Trinajstić information content (AvgIpc) is 2.69. The number of aromatic amines is 1. The van der Waals surface area contributed by atoms with Crippen LogP contribution in [0.15, 0.2) is 12.3 Å². The van der Waals surface area contributed by atoms with Crippen molar-refractivity contribution in [1.29, 1.82) is 0 Å². The van der Waals surface area contributed by atoms with Crippen molar-refractivity contribution < 1.29 is 0 Å². The second-order valence-corrected chi connectivity index (χ2v) is 3.79. The molecule has 1 aromatic rings. The molecule has 3 nitrogen and oxygen atoms in total. The van der Waals surface area contributed by atoms with E-state index < -0.39 is 0 Å². The zero-order valence-corrected chi connectivity index (χ0v) is 9.38. The monoisotopic (exact) mass is 195 g/mol. The van der Waals surface area contributed by atoms with Crippen LogP contribution in [-0.4, -0.2) is 16.2 Å². The van der Waals surface area contributed by atoms with Gasteiger partial charge in [0.25, 0.3) is 0 Å². The Morgan fingerprint density at radius 2 is 2.29 bits per heavy atom. The zero-order valence-electron chi connectivity index (χ0n) is 9.38. The van der Waals surface area contributed by atoms with Gasteiger partial charge in [0.2, 0.25) is 0 Å². The lowest BCUT2D eigenvalue weighted by Crippen LogP contribution is -2.31. The fraction of sp³-hybridized carbons (Fsp3) is 0.727. The molecule has 0 fully saturated rings. The number of nitrogens with zero attached hydrogens (tertiary/aromatic N) is 1. The molecule has 14 heavy (non-hydrogen) atoms. The quantitative estimate of drug-likeness (QED) is 0.732. The number of H-pyrrole nitrogens is 1. The summed E-state index contributed by atoms with van der Waals surface area (Å²) in [5, 5.41) is 10.6. The van der Waals surface area contributed by atoms with Crippen molar-refractivity contribution in [1.82, 2.24) is 15.5 Å². The number of nitrogens with one attached hydrogen (secondary N) is 2. The van der Waals surface area contributed by atoms with Crippen LogP contribution in [0.2, 0.25) is 0 Å². The van der Waals surface area contributed by atoms with E-state index in [1.165, 1.54) is 25.0 Å². The van der Waals surface area contributed by atoms with E-state index in [1.807, 2.05) is 6.07 Å². The summed E-state index contributed by atoms with van der Waals surface area (Å²) in [4.78, 5) is 0. The number of aromatic nitrogens is 2. The standard InChI is InChI=1S/C11H21N3/c1-4-6-10(5-2)13-9(3)11-7-8-12-14-11/h7-10,13H,4-6H2,1-3H3,(H,12,14). The maximum Gasteiger partial charge on any atom is 0.0518 e. The lowest BCUT2D eigenvalue weighted by atomic mass is 10.1. The molecule has 0 aliphatic heterocycles. The number of hydrogen-bond donors (Lipinski definition) is 2. The molecule has 2 atom stereocenters. The SMILES string of the molecule is CCCC(CC)NC(C)c1ccn[nH]1. The van der Waals surface area contributed by atoms with Crippen LogP contribution >= 0.6 is 0 Å². The first-order valence-corrected chi connectivity index (χ1v) is 5.53. The molecule has 0 saturated heterocycles. The average molecular weight is 195 g/mol. The highest BCUT2D eigenvalue weighted by atomic mass is 15.1. The fourth-order valence-corrected chi connectivity index (χ4v) is 1.70. The summed E-state index contributed by atoms with van der Waals surface area (Å²) in [5.41, 5.74) is 1.17. The van der Waals surface area contributed by atoms with Crippen LogP contribution in [-0.2, 0) is 0 Å². The van der Waals surface area contributed by atoms with Gasteiger partial charge >= 0.3 is 0 Å². The van der Waals surface area contributed by atoms with Crippen LogP contribution in [0.5, 0.6) is 0 Å². The van der Waals surface area contributed by atoms with Crippen LogP contribution in [0.4, 0.5) is 0 Å². The van der Waals surface area contributed by atoms with Gasteiger partial charge in [-0.15, -0.1) is 0 Å². The molecule has 0 spiro atoms. The molecule has 1 rings (SSSR count). The summed E-state index contributed by atoms with van der Waals surface area (Å²) in [6, 6.07) is 3.02. The van der Waals surface area contributed by atoms with Crippen molar-refractivity contribution in [2.24, 2.45) is 0 Å². The van der Waals surface area contributed by atoms with E-state index in [0.717, 1.165) is 0 Å². The largest absolute Gasteiger partial charge is 0.306 e. The van der Waals surface area contributed by atoms with Gasteiger partial charge in [0.1, 0.15) is 0 Å². The predicted molar refractivity (Wildman–Crippen MR) is 59.1 cm³/mol. The summed E-state index contributed by atoms with van der Waals surface area (Å²) >= 11 is 0. The molecule has 0 saturated carbocycles. The molecule has 2 unspecified atom stereocenters. The smallest absolute Gasteiger partial charge is 0.0518 e. The third kappa shape index (κ3) is 3.14. The van der Waals surface area contributed by atoms with E-state index >= 15 is 0 Å².